The number of thiophene rings is 1. The molecule has 0 saturated carbocycles. The number of rotatable bonds is 4. The van der Waals surface area contributed by atoms with Crippen molar-refractivity contribution in [2.75, 3.05) is 27.2 Å². The van der Waals surface area contributed by atoms with Crippen molar-refractivity contribution in [3.05, 3.63) is 29.1 Å². The zero-order valence-corrected chi connectivity index (χ0v) is 10.9. The zero-order valence-electron chi connectivity index (χ0n) is 10.1. The molecule has 0 fully saturated rings. The fourth-order valence-corrected chi connectivity index (χ4v) is 2.50. The maximum Gasteiger partial charge on any atom is 0.141 e. The van der Waals surface area contributed by atoms with Crippen molar-refractivity contribution in [3.63, 3.8) is 0 Å². The summed E-state index contributed by atoms with van der Waals surface area (Å²) >= 11 is 1.52. The molecule has 0 aromatic carbocycles. The van der Waals surface area contributed by atoms with Crippen LogP contribution >= 0.6 is 11.3 Å². The summed E-state index contributed by atoms with van der Waals surface area (Å²) in [4.78, 5) is 7.58. The topological polar surface area (TPSA) is 40.8 Å². The number of aromatic nitrogens is 1. The Morgan fingerprint density at radius 2 is 2.24 bits per heavy atom. The van der Waals surface area contributed by atoms with Crippen LogP contribution < -0.4 is 5.36 Å². The van der Waals surface area contributed by atoms with E-state index >= 15 is 0 Å². The van der Waals surface area contributed by atoms with Crippen molar-refractivity contribution in [1.82, 2.24) is 9.63 Å². The van der Waals surface area contributed by atoms with E-state index < -0.39 is 0 Å². The Labute approximate surface area is 104 Å². The number of fused-ring (bicyclic) bond motifs is 1. The van der Waals surface area contributed by atoms with Gasteiger partial charge in [0.15, 0.2) is 0 Å². The highest BCUT2D eigenvalue weighted by Gasteiger charge is 2.00. The molecule has 2 aromatic rings. The van der Waals surface area contributed by atoms with Gasteiger partial charge in [-0.05, 0) is 44.6 Å². The second-order valence-electron chi connectivity index (χ2n) is 4.22. The van der Waals surface area contributed by atoms with Crippen LogP contribution in [0.2, 0.25) is 0 Å². The van der Waals surface area contributed by atoms with E-state index in [-0.39, 0.29) is 0 Å². The number of nitrogens with zero attached hydrogens (tertiary/aromatic N) is 3. The molecule has 2 aromatic heterocycles. The van der Waals surface area contributed by atoms with Gasteiger partial charge in [-0.1, -0.05) is 0 Å². The number of hydrogen-bond donors (Lipinski definition) is 1. The van der Waals surface area contributed by atoms with Crippen LogP contribution in [-0.4, -0.2) is 42.0 Å². The fourth-order valence-electron chi connectivity index (χ4n) is 1.70. The minimum absolute atomic E-state index is 0.818. The van der Waals surface area contributed by atoms with Crippen LogP contribution in [0.5, 0.6) is 0 Å². The molecule has 0 aliphatic carbocycles. The van der Waals surface area contributed by atoms with Gasteiger partial charge in [0.25, 0.3) is 0 Å². The van der Waals surface area contributed by atoms with Gasteiger partial charge in [0.1, 0.15) is 4.83 Å². The van der Waals surface area contributed by atoms with Gasteiger partial charge in [-0.15, -0.1) is 11.3 Å². The number of pyridine rings is 1. The Bertz CT molecular complexity index is 556. The molecule has 1 N–H and O–H groups in total. The monoisotopic (exact) mass is 251 g/mol. The van der Waals surface area contributed by atoms with Gasteiger partial charge in [0.2, 0.25) is 0 Å². The van der Waals surface area contributed by atoms with E-state index in [0.29, 0.717) is 0 Å². The summed E-state index contributed by atoms with van der Waals surface area (Å²) in [7, 11) is 4.13. The highest BCUT2D eigenvalue weighted by molar-refractivity contribution is 7.16. The van der Waals surface area contributed by atoms with E-state index in [2.05, 4.69) is 24.0 Å². The van der Waals surface area contributed by atoms with Crippen LogP contribution in [0, 0.1) is 0 Å². The molecule has 17 heavy (non-hydrogen) atoms. The normalized spacial score (nSPS) is 12.8. The molecule has 2 rings (SSSR count). The molecule has 0 aliphatic heterocycles. The molecule has 0 amide bonds. The molecule has 92 valence electrons. The lowest BCUT2D eigenvalue weighted by Gasteiger charge is -2.06. The van der Waals surface area contributed by atoms with Crippen LogP contribution in [0.3, 0.4) is 0 Å². The molecular formula is C12H17N3OS. The largest absolute Gasteiger partial charge is 0.428 e. The Morgan fingerprint density at radius 3 is 3.00 bits per heavy atom. The van der Waals surface area contributed by atoms with Crippen LogP contribution in [0.1, 0.15) is 6.42 Å². The minimum Gasteiger partial charge on any atom is -0.428 e. The molecule has 0 aliphatic rings. The van der Waals surface area contributed by atoms with Crippen LogP contribution in [0.15, 0.2) is 28.7 Å². The van der Waals surface area contributed by atoms with Crippen molar-refractivity contribution < 1.29 is 5.21 Å². The molecule has 0 bridgehead atoms. The van der Waals surface area contributed by atoms with E-state index in [1.807, 2.05) is 17.5 Å². The van der Waals surface area contributed by atoms with Crippen LogP contribution in [0.25, 0.3) is 10.2 Å². The Morgan fingerprint density at radius 1 is 1.41 bits per heavy atom. The van der Waals surface area contributed by atoms with Crippen molar-refractivity contribution in [2.45, 2.75) is 6.42 Å². The molecule has 2 heterocycles. The maximum atomic E-state index is 9.61. The average Bonchev–Trinajstić information content (AvgIpc) is 2.76. The third-order valence-corrected chi connectivity index (χ3v) is 3.45. The van der Waals surface area contributed by atoms with Crippen LogP contribution in [-0.2, 0) is 0 Å². The van der Waals surface area contributed by atoms with Crippen LogP contribution in [0.4, 0.5) is 0 Å². The van der Waals surface area contributed by atoms with E-state index in [0.717, 1.165) is 39.8 Å². The quantitative estimate of drug-likeness (QED) is 0.665. The fraction of sp³-hybridized carbons (Fsp3) is 0.417. The first kappa shape index (κ1) is 12.1. The summed E-state index contributed by atoms with van der Waals surface area (Å²) in [5.74, 6) is 0. The lowest BCUT2D eigenvalue weighted by molar-refractivity contribution is 0.199. The summed E-state index contributed by atoms with van der Waals surface area (Å²) in [6, 6.07) is 3.85. The number of hydrogen-bond acceptors (Lipinski definition) is 4. The second kappa shape index (κ2) is 5.33. The van der Waals surface area contributed by atoms with Gasteiger partial charge < -0.3 is 10.1 Å². The first-order valence-electron chi connectivity index (χ1n) is 5.62. The highest BCUT2D eigenvalue weighted by atomic mass is 32.1. The predicted molar refractivity (Wildman–Crippen MR) is 70.6 cm³/mol. The predicted octanol–water partition coefficient (Wildman–Crippen LogP) is 1.79. The van der Waals surface area contributed by atoms with Crippen molar-refractivity contribution in [2.24, 2.45) is 4.99 Å². The van der Waals surface area contributed by atoms with Gasteiger partial charge in [0.05, 0.1) is 5.36 Å². The molecule has 4 nitrogen and oxygen atoms in total. The van der Waals surface area contributed by atoms with E-state index in [4.69, 9.17) is 0 Å². The summed E-state index contributed by atoms with van der Waals surface area (Å²) in [6.07, 6.45) is 2.69. The van der Waals surface area contributed by atoms with Gasteiger partial charge in [0, 0.05) is 18.1 Å². The minimum atomic E-state index is 0.818. The molecule has 0 spiro atoms. The summed E-state index contributed by atoms with van der Waals surface area (Å²) in [5.41, 5.74) is 0. The zero-order chi connectivity index (χ0) is 12.3. The Balaban J connectivity index is 2.21. The summed E-state index contributed by atoms with van der Waals surface area (Å²) in [5, 5.41) is 13.6. The smallest absolute Gasteiger partial charge is 0.141 e. The molecule has 0 atom stereocenters. The summed E-state index contributed by atoms with van der Waals surface area (Å²) < 4.78 is 1.15. The second-order valence-corrected chi connectivity index (χ2v) is 5.12. The van der Waals surface area contributed by atoms with Gasteiger partial charge in [-0.2, -0.15) is 4.73 Å². The third kappa shape index (κ3) is 2.87. The lowest BCUT2D eigenvalue weighted by atomic mass is 10.3. The third-order valence-electron chi connectivity index (χ3n) is 2.55. The standard InChI is InChI=1S/C12H17N3OS/c1-14(2)7-3-6-13-11-4-8-15(16)12-10(11)5-9-17-12/h4-5,8-9,16H,3,6-7H2,1-2H3. The molecule has 0 unspecified atom stereocenters. The highest BCUT2D eigenvalue weighted by Crippen LogP contribution is 2.15. The Hall–Kier alpha value is -1.33. The first-order chi connectivity index (χ1) is 8.18. The summed E-state index contributed by atoms with van der Waals surface area (Å²) in [6.45, 7) is 1.86. The Kier molecular flexibility index (Phi) is 3.81. The van der Waals surface area contributed by atoms with Crippen molar-refractivity contribution >= 4 is 21.6 Å². The molecule has 0 radical (unpaired) electrons. The van der Waals surface area contributed by atoms with Gasteiger partial charge in [-0.25, -0.2) is 0 Å². The van der Waals surface area contributed by atoms with Crippen molar-refractivity contribution in [1.29, 1.82) is 0 Å². The van der Waals surface area contributed by atoms with Gasteiger partial charge in [-0.3, -0.25) is 4.99 Å². The average molecular weight is 251 g/mol. The molecule has 5 heteroatoms. The van der Waals surface area contributed by atoms with E-state index in [9.17, 15) is 5.21 Å². The lowest BCUT2D eigenvalue weighted by Crippen LogP contribution is -2.14. The molecular weight excluding hydrogens is 234 g/mol. The SMILES string of the molecule is CN(C)CCCN=c1ccn(O)c2sccc12. The van der Waals surface area contributed by atoms with Gasteiger partial charge >= 0.3 is 0 Å². The molecule has 0 saturated heterocycles. The maximum absolute atomic E-state index is 9.61. The van der Waals surface area contributed by atoms with E-state index in [1.165, 1.54) is 11.3 Å². The first-order valence-corrected chi connectivity index (χ1v) is 6.50. The van der Waals surface area contributed by atoms with E-state index in [1.54, 1.807) is 6.20 Å². The van der Waals surface area contributed by atoms with Crippen molar-refractivity contribution in [3.8, 4) is 0 Å².